The third kappa shape index (κ3) is 5.20. The molecule has 0 aliphatic rings. The maximum atomic E-state index is 5.83. The Morgan fingerprint density at radius 2 is 0.897 bits per heavy atom. The lowest BCUT2D eigenvalue weighted by Crippen LogP contribution is -2.33. The summed E-state index contributed by atoms with van der Waals surface area (Å²) in [5, 5.41) is 4.26. The molecule has 0 bridgehead atoms. The summed E-state index contributed by atoms with van der Waals surface area (Å²) in [6.45, 7) is 0. The highest BCUT2D eigenvalue weighted by Gasteiger charge is 2.25. The number of benzene rings is 2. The Kier molecular flexibility index (Phi) is 8.84. The predicted molar refractivity (Wildman–Crippen MR) is 151 cm³/mol. The average molecular weight is 537 g/mol. The lowest BCUT2D eigenvalue weighted by Gasteiger charge is -2.16. The number of methoxy groups -OCH3 is 6. The molecule has 208 valence electrons. The number of hydrogen-bond acceptors (Lipinski definition) is 6. The van der Waals surface area contributed by atoms with Crippen LogP contribution in [0.15, 0.2) is 36.7 Å². The van der Waals surface area contributed by atoms with E-state index in [1.54, 1.807) is 42.7 Å². The Bertz CT molecular complexity index is 1370. The molecule has 0 fully saturated rings. The van der Waals surface area contributed by atoms with Gasteiger partial charge in [0.25, 0.3) is 0 Å². The van der Waals surface area contributed by atoms with Crippen LogP contribution >= 0.6 is 0 Å². The van der Waals surface area contributed by atoms with Gasteiger partial charge in [-0.1, -0.05) is 6.42 Å². The van der Waals surface area contributed by atoms with Gasteiger partial charge < -0.3 is 28.4 Å². The second-order valence-electron chi connectivity index (χ2n) is 9.53. The van der Waals surface area contributed by atoms with Crippen LogP contribution < -0.4 is 37.6 Å². The van der Waals surface area contributed by atoms with E-state index in [0.717, 1.165) is 53.6 Å². The fourth-order valence-electron chi connectivity index (χ4n) is 5.49. The van der Waals surface area contributed by atoms with E-state index in [1.165, 1.54) is 11.4 Å². The zero-order valence-corrected chi connectivity index (χ0v) is 24.3. The molecule has 0 aliphatic heterocycles. The molecular formula is C31H40N2O6+2. The molecule has 4 rings (SSSR count). The molecule has 8 heteroatoms. The first kappa shape index (κ1) is 28.1. The van der Waals surface area contributed by atoms with Crippen molar-refractivity contribution in [2.24, 2.45) is 14.1 Å². The Morgan fingerprint density at radius 3 is 1.23 bits per heavy atom. The first-order valence-electron chi connectivity index (χ1n) is 13.1. The summed E-state index contributed by atoms with van der Waals surface area (Å²) in [4.78, 5) is 0. The van der Waals surface area contributed by atoms with E-state index < -0.39 is 0 Å². The third-order valence-corrected chi connectivity index (χ3v) is 7.43. The quantitative estimate of drug-likeness (QED) is 0.194. The first-order valence-corrected chi connectivity index (χ1v) is 13.1. The van der Waals surface area contributed by atoms with E-state index in [0.29, 0.717) is 34.5 Å². The maximum absolute atomic E-state index is 5.83. The molecule has 2 heterocycles. The number of aromatic nitrogens is 2. The molecule has 0 saturated heterocycles. The van der Waals surface area contributed by atoms with Crippen molar-refractivity contribution in [3.05, 3.63) is 48.0 Å². The molecule has 2 aromatic heterocycles. The lowest BCUT2D eigenvalue weighted by molar-refractivity contribution is -0.677. The summed E-state index contributed by atoms with van der Waals surface area (Å²) in [5.41, 5.74) is 2.42. The van der Waals surface area contributed by atoms with Crippen LogP contribution in [0.25, 0.3) is 21.5 Å². The zero-order valence-electron chi connectivity index (χ0n) is 24.3. The molecule has 4 aromatic rings. The van der Waals surface area contributed by atoms with E-state index in [4.69, 9.17) is 28.4 Å². The van der Waals surface area contributed by atoms with Crippen molar-refractivity contribution in [1.29, 1.82) is 0 Å². The predicted octanol–water partition coefficient (Wildman–Crippen LogP) is 4.65. The summed E-state index contributed by atoms with van der Waals surface area (Å²) in [6.07, 6.45) is 9.14. The van der Waals surface area contributed by atoms with Crippen LogP contribution in [-0.4, -0.2) is 42.7 Å². The Morgan fingerprint density at radius 1 is 0.513 bits per heavy atom. The van der Waals surface area contributed by atoms with Gasteiger partial charge in [0.15, 0.2) is 46.8 Å². The largest absolute Gasteiger partial charge is 0.493 e. The Balaban J connectivity index is 1.58. The van der Waals surface area contributed by atoms with Gasteiger partial charge in [-0.3, -0.25) is 0 Å². The van der Waals surface area contributed by atoms with Crippen molar-refractivity contribution in [3.63, 3.8) is 0 Å². The summed E-state index contributed by atoms with van der Waals surface area (Å²) < 4.78 is 38.4. The van der Waals surface area contributed by atoms with Crippen molar-refractivity contribution in [3.8, 4) is 34.5 Å². The highest BCUT2D eigenvalue weighted by atomic mass is 16.5. The smallest absolute Gasteiger partial charge is 0.204 e. The van der Waals surface area contributed by atoms with Gasteiger partial charge in [0.1, 0.15) is 14.1 Å². The average Bonchev–Trinajstić information content (AvgIpc) is 2.96. The van der Waals surface area contributed by atoms with Crippen LogP contribution in [0, 0.1) is 0 Å². The SMILES string of the molecule is COc1cc2cc[n+](C)c(CCCCCc3c4c(OC)c(OC)c(OC)cc4cc[n+]3C)c2c(OC)c1OC. The van der Waals surface area contributed by atoms with Gasteiger partial charge >= 0.3 is 0 Å². The van der Waals surface area contributed by atoms with Gasteiger partial charge in [0.2, 0.25) is 11.5 Å². The monoisotopic (exact) mass is 536 g/mol. The molecule has 0 amide bonds. The van der Waals surface area contributed by atoms with Crippen molar-refractivity contribution < 1.29 is 37.6 Å². The van der Waals surface area contributed by atoms with E-state index >= 15 is 0 Å². The van der Waals surface area contributed by atoms with Crippen molar-refractivity contribution in [1.82, 2.24) is 0 Å². The first-order chi connectivity index (χ1) is 18.9. The molecule has 0 N–H and O–H groups in total. The summed E-state index contributed by atoms with van der Waals surface area (Å²) in [5.74, 6) is 3.96. The van der Waals surface area contributed by atoms with Gasteiger partial charge in [-0.2, -0.15) is 0 Å². The minimum absolute atomic E-state index is 0.615. The molecule has 0 atom stereocenters. The fourth-order valence-corrected chi connectivity index (χ4v) is 5.49. The van der Waals surface area contributed by atoms with Gasteiger partial charge in [-0.25, -0.2) is 9.13 Å². The molecule has 2 aromatic carbocycles. The second-order valence-corrected chi connectivity index (χ2v) is 9.53. The normalized spacial score (nSPS) is 11.1. The van der Waals surface area contributed by atoms with E-state index in [-0.39, 0.29) is 0 Å². The summed E-state index contributed by atoms with van der Waals surface area (Å²) in [6, 6.07) is 8.19. The van der Waals surface area contributed by atoms with E-state index in [2.05, 4.69) is 47.8 Å². The molecular weight excluding hydrogens is 496 g/mol. The summed E-state index contributed by atoms with van der Waals surface area (Å²) >= 11 is 0. The molecule has 0 spiro atoms. The highest BCUT2D eigenvalue weighted by Crippen LogP contribution is 2.45. The number of aryl methyl sites for hydroxylation is 4. The fraction of sp³-hybridized carbons (Fsp3) is 0.419. The van der Waals surface area contributed by atoms with Gasteiger partial charge in [-0.15, -0.1) is 0 Å². The second kappa shape index (κ2) is 12.3. The lowest BCUT2D eigenvalue weighted by atomic mass is 10.00. The zero-order chi connectivity index (χ0) is 28.1. The van der Waals surface area contributed by atoms with Crippen LogP contribution in [0.2, 0.25) is 0 Å². The van der Waals surface area contributed by atoms with Crippen molar-refractivity contribution in [2.45, 2.75) is 32.1 Å². The van der Waals surface area contributed by atoms with Gasteiger partial charge in [0, 0.05) is 35.7 Å². The Hall–Kier alpha value is -3.94. The topological polar surface area (TPSA) is 63.1 Å². The standard InChI is InChI=1S/C31H40N2O6/c1-32-16-14-20-18-24(34-3)28(36-5)30(38-7)26(20)22(32)12-10-9-11-13-23-27-21(15-17-33(23)2)19-25(35-4)29(37-6)31(27)39-8/h14-19H,9-13H2,1-8H3/q+2. The van der Waals surface area contributed by atoms with Crippen LogP contribution in [0.4, 0.5) is 0 Å². The molecule has 0 radical (unpaired) electrons. The maximum Gasteiger partial charge on any atom is 0.204 e. The molecule has 0 unspecified atom stereocenters. The minimum Gasteiger partial charge on any atom is -0.493 e. The van der Waals surface area contributed by atoms with Crippen LogP contribution in [-0.2, 0) is 26.9 Å². The summed E-state index contributed by atoms with van der Waals surface area (Å²) in [7, 11) is 14.1. The van der Waals surface area contributed by atoms with E-state index in [1.807, 2.05) is 12.1 Å². The molecule has 8 nitrogen and oxygen atoms in total. The number of rotatable bonds is 12. The van der Waals surface area contributed by atoms with Crippen molar-refractivity contribution >= 4 is 21.5 Å². The Labute approximate surface area is 230 Å². The number of unbranched alkanes of at least 4 members (excludes halogenated alkanes) is 2. The van der Waals surface area contributed by atoms with Gasteiger partial charge in [0.05, 0.1) is 53.4 Å². The van der Waals surface area contributed by atoms with Crippen LogP contribution in [0.5, 0.6) is 34.5 Å². The van der Waals surface area contributed by atoms with Crippen LogP contribution in [0.3, 0.4) is 0 Å². The molecule has 39 heavy (non-hydrogen) atoms. The number of nitrogens with zero attached hydrogens (tertiary/aromatic N) is 2. The third-order valence-electron chi connectivity index (χ3n) is 7.43. The highest BCUT2D eigenvalue weighted by molar-refractivity contribution is 5.95. The molecule has 0 aliphatic carbocycles. The number of hydrogen-bond donors (Lipinski definition) is 0. The number of pyridine rings is 2. The number of ether oxygens (including phenoxy) is 6. The molecule has 0 saturated carbocycles. The van der Waals surface area contributed by atoms with Gasteiger partial charge in [-0.05, 0) is 25.0 Å². The van der Waals surface area contributed by atoms with Crippen molar-refractivity contribution in [2.75, 3.05) is 42.7 Å². The van der Waals surface area contributed by atoms with Crippen LogP contribution in [0.1, 0.15) is 30.7 Å². The van der Waals surface area contributed by atoms with E-state index in [9.17, 15) is 0 Å². The minimum atomic E-state index is 0.615. The number of fused-ring (bicyclic) bond motifs is 2.